The van der Waals surface area contributed by atoms with E-state index in [4.69, 9.17) is 9.47 Å². The van der Waals surface area contributed by atoms with Crippen molar-refractivity contribution in [3.8, 4) is 0 Å². The van der Waals surface area contributed by atoms with Gasteiger partial charge in [-0.1, -0.05) is 20.8 Å². The van der Waals surface area contributed by atoms with E-state index in [0.717, 1.165) is 19.8 Å². The highest BCUT2D eigenvalue weighted by molar-refractivity contribution is 4.98. The van der Waals surface area contributed by atoms with Crippen LogP contribution in [0.15, 0.2) is 0 Å². The third-order valence-corrected chi connectivity index (χ3v) is 3.90. The molecule has 1 saturated heterocycles. The van der Waals surface area contributed by atoms with Crippen LogP contribution < -0.4 is 0 Å². The summed E-state index contributed by atoms with van der Waals surface area (Å²) in [5.41, 5.74) is 0.659. The van der Waals surface area contributed by atoms with Gasteiger partial charge in [0.25, 0.3) is 0 Å². The van der Waals surface area contributed by atoms with E-state index in [9.17, 15) is 0 Å². The van der Waals surface area contributed by atoms with Crippen molar-refractivity contribution < 1.29 is 9.47 Å². The minimum Gasteiger partial charge on any atom is -0.384 e. The number of hydrogen-bond acceptors (Lipinski definition) is 2. The smallest absolute Gasteiger partial charge is 0.0548 e. The van der Waals surface area contributed by atoms with Crippen LogP contribution in [0.3, 0.4) is 0 Å². The summed E-state index contributed by atoms with van der Waals surface area (Å²) in [5.74, 6) is 0. The van der Waals surface area contributed by atoms with Crippen LogP contribution in [0.1, 0.15) is 33.6 Å². The van der Waals surface area contributed by atoms with Crippen LogP contribution in [-0.4, -0.2) is 26.9 Å². The maximum absolute atomic E-state index is 5.36. The molecule has 0 aromatic heterocycles. The molecule has 2 heteroatoms. The van der Waals surface area contributed by atoms with Gasteiger partial charge in [0.15, 0.2) is 0 Å². The molecule has 1 rings (SSSR count). The molecule has 0 spiro atoms. The fraction of sp³-hybridized carbons (Fsp3) is 1.00. The summed E-state index contributed by atoms with van der Waals surface area (Å²) in [6.45, 7) is 9.50. The summed E-state index contributed by atoms with van der Waals surface area (Å²) in [7, 11) is 1.79. The highest BCUT2D eigenvalue weighted by atomic mass is 16.5. The first-order valence-corrected chi connectivity index (χ1v) is 5.21. The lowest BCUT2D eigenvalue weighted by Crippen LogP contribution is -2.55. The average molecular weight is 186 g/mol. The van der Waals surface area contributed by atoms with Crippen LogP contribution in [0.4, 0.5) is 0 Å². The number of methoxy groups -OCH3 is 1. The lowest BCUT2D eigenvalue weighted by atomic mass is 9.60. The molecule has 2 nitrogen and oxygen atoms in total. The maximum atomic E-state index is 5.36. The van der Waals surface area contributed by atoms with Crippen molar-refractivity contribution in [1.82, 2.24) is 0 Å². The van der Waals surface area contributed by atoms with E-state index in [1.807, 2.05) is 0 Å². The molecule has 0 N–H and O–H groups in total. The van der Waals surface area contributed by atoms with Crippen molar-refractivity contribution in [2.45, 2.75) is 33.6 Å². The molecule has 0 aromatic rings. The van der Waals surface area contributed by atoms with Crippen molar-refractivity contribution in [3.63, 3.8) is 0 Å². The van der Waals surface area contributed by atoms with Crippen molar-refractivity contribution in [1.29, 1.82) is 0 Å². The van der Waals surface area contributed by atoms with Crippen LogP contribution >= 0.6 is 0 Å². The van der Waals surface area contributed by atoms with Gasteiger partial charge in [0, 0.05) is 17.9 Å². The number of rotatable bonds is 5. The Labute approximate surface area is 81.6 Å². The van der Waals surface area contributed by atoms with Crippen LogP contribution in [0.25, 0.3) is 0 Å². The van der Waals surface area contributed by atoms with Gasteiger partial charge in [-0.3, -0.25) is 0 Å². The van der Waals surface area contributed by atoms with E-state index in [1.165, 1.54) is 12.8 Å². The SMILES string of the molecule is CCC(CC)(COC)C1(C)COC1. The molecule has 78 valence electrons. The lowest BCUT2D eigenvalue weighted by molar-refractivity contribution is -0.192. The second-order valence-electron chi connectivity index (χ2n) is 4.47. The monoisotopic (exact) mass is 186 g/mol. The molecule has 0 radical (unpaired) electrons. The first kappa shape index (κ1) is 11.0. The Hall–Kier alpha value is -0.0800. The Morgan fingerprint density at radius 3 is 2.08 bits per heavy atom. The van der Waals surface area contributed by atoms with Gasteiger partial charge >= 0.3 is 0 Å². The zero-order valence-corrected chi connectivity index (χ0v) is 9.35. The Bertz CT molecular complexity index is 157. The molecule has 0 aliphatic carbocycles. The molecule has 0 unspecified atom stereocenters. The summed E-state index contributed by atoms with van der Waals surface area (Å²) >= 11 is 0. The maximum Gasteiger partial charge on any atom is 0.0548 e. The highest BCUT2D eigenvalue weighted by Crippen LogP contribution is 2.49. The van der Waals surface area contributed by atoms with E-state index in [-0.39, 0.29) is 0 Å². The quantitative estimate of drug-likeness (QED) is 0.656. The summed E-state index contributed by atoms with van der Waals surface area (Å²) in [5, 5.41) is 0. The van der Waals surface area contributed by atoms with Gasteiger partial charge in [-0.2, -0.15) is 0 Å². The fourth-order valence-electron chi connectivity index (χ4n) is 2.47. The lowest BCUT2D eigenvalue weighted by Gasteiger charge is -2.53. The topological polar surface area (TPSA) is 18.5 Å². The Balaban J connectivity index is 2.74. The van der Waals surface area contributed by atoms with Gasteiger partial charge < -0.3 is 9.47 Å². The van der Waals surface area contributed by atoms with E-state index in [1.54, 1.807) is 7.11 Å². The molecule has 0 aromatic carbocycles. The summed E-state index contributed by atoms with van der Waals surface area (Å²) in [4.78, 5) is 0. The van der Waals surface area contributed by atoms with Gasteiger partial charge in [0.05, 0.1) is 19.8 Å². The van der Waals surface area contributed by atoms with Gasteiger partial charge in [-0.25, -0.2) is 0 Å². The highest BCUT2D eigenvalue weighted by Gasteiger charge is 2.50. The predicted octanol–water partition coefficient (Wildman–Crippen LogP) is 2.48. The number of hydrogen-bond donors (Lipinski definition) is 0. The first-order valence-electron chi connectivity index (χ1n) is 5.21. The van der Waals surface area contributed by atoms with E-state index in [0.29, 0.717) is 10.8 Å². The largest absolute Gasteiger partial charge is 0.384 e. The molecule has 1 fully saturated rings. The van der Waals surface area contributed by atoms with Crippen LogP contribution in [0.5, 0.6) is 0 Å². The zero-order valence-electron chi connectivity index (χ0n) is 9.35. The van der Waals surface area contributed by atoms with Crippen molar-refractivity contribution >= 4 is 0 Å². The van der Waals surface area contributed by atoms with Gasteiger partial charge in [0.2, 0.25) is 0 Å². The third-order valence-electron chi connectivity index (χ3n) is 3.90. The standard InChI is InChI=1S/C11H22O2/c1-5-11(6-2,9-12-4)10(3)7-13-8-10/h5-9H2,1-4H3. The molecular weight excluding hydrogens is 164 g/mol. The normalized spacial score (nSPS) is 21.2. The first-order chi connectivity index (χ1) is 6.14. The summed E-state index contributed by atoms with van der Waals surface area (Å²) in [6.07, 6.45) is 2.36. The van der Waals surface area contributed by atoms with E-state index in [2.05, 4.69) is 20.8 Å². The number of ether oxygens (including phenoxy) is 2. The summed E-state index contributed by atoms with van der Waals surface area (Å²) in [6, 6.07) is 0. The van der Waals surface area contributed by atoms with Gasteiger partial charge in [-0.05, 0) is 12.8 Å². The molecule has 0 bridgehead atoms. The molecule has 0 amide bonds. The Morgan fingerprint density at radius 1 is 1.31 bits per heavy atom. The summed E-state index contributed by atoms with van der Waals surface area (Å²) < 4.78 is 10.7. The zero-order chi connectivity index (χ0) is 9.95. The van der Waals surface area contributed by atoms with Crippen LogP contribution in [0, 0.1) is 10.8 Å². The van der Waals surface area contributed by atoms with Crippen molar-refractivity contribution in [2.24, 2.45) is 10.8 Å². The fourth-order valence-corrected chi connectivity index (χ4v) is 2.47. The molecule has 0 saturated carbocycles. The second-order valence-corrected chi connectivity index (χ2v) is 4.47. The molecule has 13 heavy (non-hydrogen) atoms. The van der Waals surface area contributed by atoms with Crippen LogP contribution in [0.2, 0.25) is 0 Å². The van der Waals surface area contributed by atoms with Crippen molar-refractivity contribution in [2.75, 3.05) is 26.9 Å². The molecule has 1 heterocycles. The molecular formula is C11H22O2. The van der Waals surface area contributed by atoms with Crippen LogP contribution in [-0.2, 0) is 9.47 Å². The third kappa shape index (κ3) is 1.62. The minimum atomic E-state index is 0.319. The Kier molecular flexibility index (Phi) is 3.36. The van der Waals surface area contributed by atoms with Crippen molar-refractivity contribution in [3.05, 3.63) is 0 Å². The van der Waals surface area contributed by atoms with E-state index < -0.39 is 0 Å². The van der Waals surface area contributed by atoms with Gasteiger partial charge in [0.1, 0.15) is 0 Å². The van der Waals surface area contributed by atoms with Gasteiger partial charge in [-0.15, -0.1) is 0 Å². The average Bonchev–Trinajstić information content (AvgIpc) is 2.10. The molecule has 0 atom stereocenters. The molecule has 1 aliphatic rings. The van der Waals surface area contributed by atoms with E-state index >= 15 is 0 Å². The second kappa shape index (κ2) is 3.97. The molecule has 1 aliphatic heterocycles. The Morgan fingerprint density at radius 2 is 1.85 bits per heavy atom. The predicted molar refractivity (Wildman–Crippen MR) is 53.8 cm³/mol. The minimum absolute atomic E-state index is 0.319.